The van der Waals surface area contributed by atoms with Crippen molar-refractivity contribution in [3.8, 4) is 5.75 Å². The highest BCUT2D eigenvalue weighted by atomic mass is 16.5. The first kappa shape index (κ1) is 11.3. The number of ether oxygens (including phenoxy) is 1. The van der Waals surface area contributed by atoms with E-state index in [0.717, 1.165) is 25.4 Å². The van der Waals surface area contributed by atoms with Gasteiger partial charge in [-0.25, -0.2) is 0 Å². The molecule has 0 spiro atoms. The number of aromatic nitrogens is 2. The monoisotopic (exact) mass is 243 g/mol. The van der Waals surface area contributed by atoms with Crippen molar-refractivity contribution in [1.82, 2.24) is 15.1 Å². The summed E-state index contributed by atoms with van der Waals surface area (Å²) in [7, 11) is 0. The van der Waals surface area contributed by atoms with Gasteiger partial charge in [0.25, 0.3) is 0 Å². The fraction of sp³-hybridized carbons (Fsp3) is 0.357. The minimum atomic E-state index is -0.0688. The van der Waals surface area contributed by atoms with Crippen molar-refractivity contribution < 1.29 is 4.74 Å². The van der Waals surface area contributed by atoms with Crippen LogP contribution in [0.2, 0.25) is 0 Å². The van der Waals surface area contributed by atoms with E-state index in [-0.39, 0.29) is 5.60 Å². The van der Waals surface area contributed by atoms with Crippen molar-refractivity contribution >= 4 is 0 Å². The molecule has 1 aliphatic rings. The average Bonchev–Trinajstić information content (AvgIpc) is 2.76. The van der Waals surface area contributed by atoms with Gasteiger partial charge in [-0.3, -0.25) is 4.68 Å². The van der Waals surface area contributed by atoms with E-state index in [9.17, 15) is 0 Å². The minimum Gasteiger partial charge on any atom is -0.482 e. The third-order valence-corrected chi connectivity index (χ3v) is 3.16. The minimum absolute atomic E-state index is 0.0688. The van der Waals surface area contributed by atoms with Crippen molar-refractivity contribution in [3.63, 3.8) is 0 Å². The molecule has 1 N–H and O–H groups in total. The molecule has 0 atom stereocenters. The summed E-state index contributed by atoms with van der Waals surface area (Å²) in [4.78, 5) is 0. The molecule has 0 aliphatic carbocycles. The Morgan fingerprint density at radius 2 is 2.11 bits per heavy atom. The Morgan fingerprint density at radius 1 is 1.33 bits per heavy atom. The zero-order valence-electron chi connectivity index (χ0n) is 10.5. The Kier molecular flexibility index (Phi) is 2.80. The SMILES string of the molecule is CC1(Oc2cnn(Cc3ccccc3)c2)CNC1. The second-order valence-electron chi connectivity index (χ2n) is 5.01. The second kappa shape index (κ2) is 4.46. The summed E-state index contributed by atoms with van der Waals surface area (Å²) in [5, 5.41) is 7.54. The van der Waals surface area contributed by atoms with Crippen LogP contribution in [0.3, 0.4) is 0 Å². The summed E-state index contributed by atoms with van der Waals surface area (Å²) >= 11 is 0. The maximum absolute atomic E-state index is 5.91. The lowest BCUT2D eigenvalue weighted by molar-refractivity contribution is 0.0348. The first-order valence-electron chi connectivity index (χ1n) is 6.20. The van der Waals surface area contributed by atoms with Gasteiger partial charge in [0.05, 0.1) is 18.9 Å². The molecule has 1 saturated heterocycles. The standard InChI is InChI=1S/C14H17N3O/c1-14(10-15-11-14)18-13-7-16-17(9-13)8-12-5-3-2-4-6-12/h2-7,9,15H,8,10-11H2,1H3. The van der Waals surface area contributed by atoms with E-state index in [1.54, 1.807) is 6.20 Å². The smallest absolute Gasteiger partial charge is 0.158 e. The average molecular weight is 243 g/mol. The van der Waals surface area contributed by atoms with Gasteiger partial charge < -0.3 is 10.1 Å². The van der Waals surface area contributed by atoms with Crippen LogP contribution in [0.25, 0.3) is 0 Å². The molecule has 2 heterocycles. The molecule has 4 heteroatoms. The summed E-state index contributed by atoms with van der Waals surface area (Å²) in [5.41, 5.74) is 1.17. The van der Waals surface area contributed by atoms with Crippen molar-refractivity contribution in [3.05, 3.63) is 48.3 Å². The van der Waals surface area contributed by atoms with Gasteiger partial charge >= 0.3 is 0 Å². The van der Waals surface area contributed by atoms with Crippen LogP contribution >= 0.6 is 0 Å². The Morgan fingerprint density at radius 3 is 2.78 bits per heavy atom. The van der Waals surface area contributed by atoms with Crippen LogP contribution in [0.4, 0.5) is 0 Å². The van der Waals surface area contributed by atoms with Crippen LogP contribution in [0.5, 0.6) is 5.75 Å². The van der Waals surface area contributed by atoms with Crippen LogP contribution in [0.15, 0.2) is 42.7 Å². The molecule has 18 heavy (non-hydrogen) atoms. The maximum Gasteiger partial charge on any atom is 0.158 e. The normalized spacial score (nSPS) is 17.2. The Hall–Kier alpha value is -1.81. The first-order valence-corrected chi connectivity index (χ1v) is 6.20. The van der Waals surface area contributed by atoms with Crippen LogP contribution in [0.1, 0.15) is 12.5 Å². The van der Waals surface area contributed by atoms with Crippen LogP contribution < -0.4 is 10.1 Å². The zero-order valence-corrected chi connectivity index (χ0v) is 10.5. The lowest BCUT2D eigenvalue weighted by atomic mass is 10.0. The fourth-order valence-corrected chi connectivity index (χ4v) is 2.09. The highest BCUT2D eigenvalue weighted by Gasteiger charge is 2.34. The van der Waals surface area contributed by atoms with Crippen LogP contribution in [0, 0.1) is 0 Å². The maximum atomic E-state index is 5.91. The number of hydrogen-bond acceptors (Lipinski definition) is 3. The zero-order chi connectivity index (χ0) is 12.4. The van der Waals surface area contributed by atoms with E-state index in [4.69, 9.17) is 4.74 Å². The number of hydrogen-bond donors (Lipinski definition) is 1. The predicted molar refractivity (Wildman–Crippen MR) is 69.7 cm³/mol. The third kappa shape index (κ3) is 2.38. The van der Waals surface area contributed by atoms with Gasteiger partial charge in [-0.2, -0.15) is 5.10 Å². The van der Waals surface area contributed by atoms with E-state index < -0.39 is 0 Å². The predicted octanol–water partition coefficient (Wildman–Crippen LogP) is 1.67. The highest BCUT2D eigenvalue weighted by Crippen LogP contribution is 2.21. The van der Waals surface area contributed by atoms with E-state index in [0.29, 0.717) is 0 Å². The number of nitrogens with one attached hydrogen (secondary N) is 1. The largest absolute Gasteiger partial charge is 0.482 e. The fourth-order valence-electron chi connectivity index (χ4n) is 2.09. The van der Waals surface area contributed by atoms with Crippen molar-refractivity contribution in [2.45, 2.75) is 19.1 Å². The summed E-state index contributed by atoms with van der Waals surface area (Å²) in [5.74, 6) is 0.843. The molecule has 1 aliphatic heterocycles. The van der Waals surface area contributed by atoms with Crippen molar-refractivity contribution in [2.75, 3.05) is 13.1 Å². The molecule has 0 unspecified atom stereocenters. The molecule has 94 valence electrons. The number of benzene rings is 1. The first-order chi connectivity index (χ1) is 8.73. The highest BCUT2D eigenvalue weighted by molar-refractivity contribution is 5.18. The van der Waals surface area contributed by atoms with E-state index >= 15 is 0 Å². The van der Waals surface area contributed by atoms with Crippen LogP contribution in [-0.4, -0.2) is 28.5 Å². The Balaban J connectivity index is 1.66. The summed E-state index contributed by atoms with van der Waals surface area (Å²) in [6, 6.07) is 10.3. The van der Waals surface area contributed by atoms with E-state index in [1.807, 2.05) is 29.1 Å². The molecule has 0 bridgehead atoms. The van der Waals surface area contributed by atoms with Crippen molar-refractivity contribution in [1.29, 1.82) is 0 Å². The Bertz CT molecular complexity index is 517. The second-order valence-corrected chi connectivity index (χ2v) is 5.01. The topological polar surface area (TPSA) is 39.1 Å². The molecular weight excluding hydrogens is 226 g/mol. The number of rotatable bonds is 4. The molecule has 2 aromatic rings. The molecule has 0 saturated carbocycles. The van der Waals surface area contributed by atoms with Gasteiger partial charge in [0.1, 0.15) is 5.60 Å². The quantitative estimate of drug-likeness (QED) is 0.888. The summed E-state index contributed by atoms with van der Waals surface area (Å²) in [6.45, 7) is 4.69. The van der Waals surface area contributed by atoms with Gasteiger partial charge in [0.15, 0.2) is 5.75 Å². The van der Waals surface area contributed by atoms with Crippen molar-refractivity contribution in [2.24, 2.45) is 0 Å². The molecular formula is C14H17N3O. The molecule has 1 fully saturated rings. The van der Waals surface area contributed by atoms with Gasteiger partial charge in [0.2, 0.25) is 0 Å². The van der Waals surface area contributed by atoms with Gasteiger partial charge in [-0.1, -0.05) is 30.3 Å². The molecule has 0 amide bonds. The molecule has 0 radical (unpaired) electrons. The molecule has 3 rings (SSSR count). The van der Waals surface area contributed by atoms with Crippen LogP contribution in [-0.2, 0) is 6.54 Å². The summed E-state index contributed by atoms with van der Waals surface area (Å²) in [6.07, 6.45) is 3.74. The molecule has 4 nitrogen and oxygen atoms in total. The van der Waals surface area contributed by atoms with Gasteiger partial charge in [0, 0.05) is 13.1 Å². The molecule has 1 aromatic heterocycles. The summed E-state index contributed by atoms with van der Waals surface area (Å²) < 4.78 is 7.81. The number of nitrogens with zero attached hydrogens (tertiary/aromatic N) is 2. The Labute approximate surface area is 107 Å². The van der Waals surface area contributed by atoms with E-state index in [1.165, 1.54) is 5.56 Å². The molecule has 1 aromatic carbocycles. The third-order valence-electron chi connectivity index (χ3n) is 3.16. The van der Waals surface area contributed by atoms with Gasteiger partial charge in [-0.05, 0) is 12.5 Å². The lowest BCUT2D eigenvalue weighted by Gasteiger charge is -2.38. The van der Waals surface area contributed by atoms with E-state index in [2.05, 4.69) is 29.5 Å². The lowest BCUT2D eigenvalue weighted by Crippen LogP contribution is -2.60. The van der Waals surface area contributed by atoms with Gasteiger partial charge in [-0.15, -0.1) is 0 Å².